The molecule has 4 nitrogen and oxygen atoms in total. The third-order valence-electron chi connectivity index (χ3n) is 4.26. The first-order valence-corrected chi connectivity index (χ1v) is 7.44. The first-order chi connectivity index (χ1) is 9.67. The number of nitrogens with zero attached hydrogens (tertiary/aromatic N) is 2. The fourth-order valence-electron chi connectivity index (χ4n) is 3.06. The van der Waals surface area contributed by atoms with Gasteiger partial charge in [-0.3, -0.25) is 4.98 Å². The first kappa shape index (κ1) is 13.4. The van der Waals surface area contributed by atoms with Crippen molar-refractivity contribution in [1.82, 2.24) is 4.98 Å². The molecule has 0 radical (unpaired) electrons. The lowest BCUT2D eigenvalue weighted by Crippen LogP contribution is -2.35. The van der Waals surface area contributed by atoms with Crippen LogP contribution in [0.5, 0.6) is 0 Å². The van der Waals surface area contributed by atoms with Gasteiger partial charge in [-0.05, 0) is 51.5 Å². The lowest BCUT2D eigenvalue weighted by molar-refractivity contribution is -0.00219. The Morgan fingerprint density at radius 3 is 2.85 bits per heavy atom. The van der Waals surface area contributed by atoms with Crippen LogP contribution in [0.1, 0.15) is 42.6 Å². The van der Waals surface area contributed by atoms with Gasteiger partial charge in [0.25, 0.3) is 0 Å². The van der Waals surface area contributed by atoms with Crippen molar-refractivity contribution in [3.05, 3.63) is 23.0 Å². The Bertz CT molecular complexity index is 545. The predicted octanol–water partition coefficient (Wildman–Crippen LogP) is 2.94. The molecule has 2 aliphatic rings. The SMILES string of the molecule is Cc1cc(NC2CCOC(C3CC3)C2)c(C#N)c(C)n1. The highest BCUT2D eigenvalue weighted by Crippen LogP contribution is 2.38. The van der Waals surface area contributed by atoms with Gasteiger partial charge in [-0.2, -0.15) is 5.26 Å². The van der Waals surface area contributed by atoms with Gasteiger partial charge in [-0.15, -0.1) is 0 Å². The van der Waals surface area contributed by atoms with Crippen molar-refractivity contribution in [2.24, 2.45) is 5.92 Å². The molecule has 4 heteroatoms. The van der Waals surface area contributed by atoms with E-state index in [1.54, 1.807) is 0 Å². The smallest absolute Gasteiger partial charge is 0.103 e. The molecule has 2 atom stereocenters. The minimum Gasteiger partial charge on any atom is -0.381 e. The Morgan fingerprint density at radius 2 is 2.15 bits per heavy atom. The zero-order valence-electron chi connectivity index (χ0n) is 12.1. The molecule has 2 unspecified atom stereocenters. The van der Waals surface area contributed by atoms with Crippen LogP contribution in [0.15, 0.2) is 6.07 Å². The molecule has 1 saturated heterocycles. The van der Waals surface area contributed by atoms with E-state index in [1.165, 1.54) is 12.8 Å². The Kier molecular flexibility index (Phi) is 3.62. The number of aromatic nitrogens is 1. The fourth-order valence-corrected chi connectivity index (χ4v) is 3.06. The third kappa shape index (κ3) is 2.78. The van der Waals surface area contributed by atoms with Crippen molar-refractivity contribution in [2.75, 3.05) is 11.9 Å². The topological polar surface area (TPSA) is 57.9 Å². The normalized spacial score (nSPS) is 26.1. The van der Waals surface area contributed by atoms with Gasteiger partial charge in [0.1, 0.15) is 6.07 Å². The molecule has 3 rings (SSSR count). The zero-order valence-corrected chi connectivity index (χ0v) is 12.1. The number of nitriles is 1. The Hall–Kier alpha value is -1.60. The number of hydrogen-bond acceptors (Lipinski definition) is 4. The van der Waals surface area contributed by atoms with Crippen LogP contribution in [0.25, 0.3) is 0 Å². The van der Waals surface area contributed by atoms with Gasteiger partial charge < -0.3 is 10.1 Å². The van der Waals surface area contributed by atoms with E-state index in [-0.39, 0.29) is 0 Å². The minimum atomic E-state index is 0.405. The van der Waals surface area contributed by atoms with E-state index in [0.29, 0.717) is 17.7 Å². The van der Waals surface area contributed by atoms with Crippen LogP contribution in [0.3, 0.4) is 0 Å². The summed E-state index contributed by atoms with van der Waals surface area (Å²) in [5.41, 5.74) is 3.36. The van der Waals surface area contributed by atoms with Gasteiger partial charge in [0, 0.05) is 18.3 Å². The summed E-state index contributed by atoms with van der Waals surface area (Å²) in [6.07, 6.45) is 5.10. The lowest BCUT2D eigenvalue weighted by Gasteiger charge is -2.31. The number of nitrogens with one attached hydrogen (secondary N) is 1. The summed E-state index contributed by atoms with van der Waals surface area (Å²) in [4.78, 5) is 4.36. The Morgan fingerprint density at radius 1 is 1.35 bits per heavy atom. The number of pyridine rings is 1. The van der Waals surface area contributed by atoms with Crippen molar-refractivity contribution in [2.45, 2.75) is 51.7 Å². The molecule has 1 aromatic rings. The number of ether oxygens (including phenoxy) is 1. The Labute approximate surface area is 120 Å². The van der Waals surface area contributed by atoms with Crippen LogP contribution in [-0.2, 0) is 4.74 Å². The van der Waals surface area contributed by atoms with Gasteiger partial charge in [-0.25, -0.2) is 0 Å². The first-order valence-electron chi connectivity index (χ1n) is 7.44. The van der Waals surface area contributed by atoms with Crippen molar-refractivity contribution < 1.29 is 4.74 Å². The summed E-state index contributed by atoms with van der Waals surface area (Å²) in [5, 5.41) is 12.9. The van der Waals surface area contributed by atoms with Gasteiger partial charge in [0.05, 0.1) is 23.0 Å². The van der Waals surface area contributed by atoms with Gasteiger partial charge in [0.15, 0.2) is 0 Å². The van der Waals surface area contributed by atoms with Crippen LogP contribution < -0.4 is 5.32 Å². The summed E-state index contributed by atoms with van der Waals surface area (Å²) in [6.45, 7) is 4.69. The number of hydrogen-bond donors (Lipinski definition) is 1. The molecule has 2 heterocycles. The van der Waals surface area contributed by atoms with E-state index in [1.807, 2.05) is 19.9 Å². The second-order valence-electron chi connectivity index (χ2n) is 6.00. The standard InChI is InChI=1S/C16H21N3O/c1-10-7-15(14(9-17)11(2)18-10)19-13-5-6-20-16(8-13)12-3-4-12/h7,12-13,16H,3-6,8H2,1-2H3,(H,18,19). The molecule has 1 saturated carbocycles. The van der Waals surface area contributed by atoms with Crippen LogP contribution in [0, 0.1) is 31.1 Å². The van der Waals surface area contributed by atoms with E-state index in [4.69, 9.17) is 4.74 Å². The van der Waals surface area contributed by atoms with Crippen LogP contribution in [-0.4, -0.2) is 23.7 Å². The monoisotopic (exact) mass is 271 g/mol. The average Bonchev–Trinajstić information content (AvgIpc) is 3.23. The summed E-state index contributed by atoms with van der Waals surface area (Å²) in [6, 6.07) is 4.66. The van der Waals surface area contributed by atoms with Gasteiger partial charge in [-0.1, -0.05) is 0 Å². The molecule has 0 spiro atoms. The summed E-state index contributed by atoms with van der Waals surface area (Å²) >= 11 is 0. The summed E-state index contributed by atoms with van der Waals surface area (Å²) in [7, 11) is 0. The number of aryl methyl sites for hydroxylation is 2. The highest BCUT2D eigenvalue weighted by molar-refractivity contribution is 5.60. The molecule has 1 N–H and O–H groups in total. The lowest BCUT2D eigenvalue weighted by atomic mass is 9.99. The van der Waals surface area contributed by atoms with Crippen molar-refractivity contribution >= 4 is 5.69 Å². The highest BCUT2D eigenvalue weighted by atomic mass is 16.5. The number of rotatable bonds is 3. The molecule has 0 bridgehead atoms. The molecule has 106 valence electrons. The molecule has 1 aliphatic carbocycles. The zero-order chi connectivity index (χ0) is 14.1. The molecule has 20 heavy (non-hydrogen) atoms. The van der Waals surface area contributed by atoms with Crippen LogP contribution >= 0.6 is 0 Å². The fraction of sp³-hybridized carbons (Fsp3) is 0.625. The van der Waals surface area contributed by atoms with E-state index >= 15 is 0 Å². The summed E-state index contributed by atoms with van der Waals surface area (Å²) < 4.78 is 5.86. The third-order valence-corrected chi connectivity index (χ3v) is 4.26. The largest absolute Gasteiger partial charge is 0.381 e. The maximum absolute atomic E-state index is 9.32. The van der Waals surface area contributed by atoms with E-state index in [2.05, 4.69) is 16.4 Å². The maximum atomic E-state index is 9.32. The number of anilines is 1. The molecule has 2 fully saturated rings. The van der Waals surface area contributed by atoms with Crippen molar-refractivity contribution in [3.63, 3.8) is 0 Å². The second kappa shape index (κ2) is 5.41. The van der Waals surface area contributed by atoms with Crippen molar-refractivity contribution in [1.29, 1.82) is 5.26 Å². The maximum Gasteiger partial charge on any atom is 0.103 e. The van der Waals surface area contributed by atoms with Crippen LogP contribution in [0.4, 0.5) is 5.69 Å². The molecule has 0 amide bonds. The minimum absolute atomic E-state index is 0.405. The summed E-state index contributed by atoms with van der Waals surface area (Å²) in [5.74, 6) is 0.774. The predicted molar refractivity (Wildman–Crippen MR) is 77.5 cm³/mol. The quantitative estimate of drug-likeness (QED) is 0.918. The molecule has 1 aromatic heterocycles. The second-order valence-corrected chi connectivity index (χ2v) is 6.00. The molecule has 1 aliphatic heterocycles. The van der Waals surface area contributed by atoms with Crippen LogP contribution in [0.2, 0.25) is 0 Å². The van der Waals surface area contributed by atoms with Crippen molar-refractivity contribution in [3.8, 4) is 6.07 Å². The molecule has 0 aromatic carbocycles. The van der Waals surface area contributed by atoms with Gasteiger partial charge in [0.2, 0.25) is 0 Å². The Balaban J connectivity index is 1.75. The highest BCUT2D eigenvalue weighted by Gasteiger charge is 2.36. The molecular formula is C16H21N3O. The van der Waals surface area contributed by atoms with E-state index in [9.17, 15) is 5.26 Å². The van der Waals surface area contributed by atoms with E-state index in [0.717, 1.165) is 42.4 Å². The average molecular weight is 271 g/mol. The van der Waals surface area contributed by atoms with E-state index < -0.39 is 0 Å². The van der Waals surface area contributed by atoms with Gasteiger partial charge >= 0.3 is 0 Å². The molecular weight excluding hydrogens is 250 g/mol.